The molecule has 2 amide bonds. The molecule has 2 aromatic carbocycles. The summed E-state index contributed by atoms with van der Waals surface area (Å²) in [4.78, 5) is 25.6. The van der Waals surface area contributed by atoms with Crippen molar-refractivity contribution in [2.24, 2.45) is 11.0 Å². The van der Waals surface area contributed by atoms with Crippen molar-refractivity contribution in [3.63, 3.8) is 0 Å². The number of rotatable bonds is 4. The summed E-state index contributed by atoms with van der Waals surface area (Å²) in [5.74, 6) is -1.71. The van der Waals surface area contributed by atoms with Gasteiger partial charge in [-0.2, -0.15) is 5.10 Å². The third-order valence-corrected chi connectivity index (χ3v) is 4.90. The second-order valence-corrected chi connectivity index (χ2v) is 8.43. The monoisotopic (exact) mass is 423 g/mol. The summed E-state index contributed by atoms with van der Waals surface area (Å²) >= 11 is 18.4. The molecule has 1 aliphatic rings. The fraction of sp³-hybridized carbons (Fsp3) is 0.211. The summed E-state index contributed by atoms with van der Waals surface area (Å²) in [5.41, 5.74) is 1.45. The summed E-state index contributed by atoms with van der Waals surface area (Å²) in [6.45, 7) is 1.67. The van der Waals surface area contributed by atoms with Gasteiger partial charge in [0.05, 0.1) is 17.4 Å². The lowest BCUT2D eigenvalue weighted by atomic mass is 9.95. The van der Waals surface area contributed by atoms with E-state index in [1.165, 1.54) is 5.01 Å². The molecule has 0 fully saturated rings. The Balaban J connectivity index is 1.89. The van der Waals surface area contributed by atoms with Crippen molar-refractivity contribution in [2.45, 2.75) is 16.8 Å². The second-order valence-electron chi connectivity index (χ2n) is 6.06. The molecule has 0 unspecified atom stereocenters. The lowest BCUT2D eigenvalue weighted by molar-refractivity contribution is -0.120. The zero-order valence-corrected chi connectivity index (χ0v) is 16.5. The smallest absolute Gasteiger partial charge is 0.258 e. The molecule has 2 aromatic rings. The molecule has 140 valence electrons. The van der Waals surface area contributed by atoms with Crippen LogP contribution in [0.4, 0.5) is 5.69 Å². The van der Waals surface area contributed by atoms with E-state index < -0.39 is 21.7 Å². The number of hydrazone groups is 1. The largest absolute Gasteiger partial charge is 0.344 e. The predicted molar refractivity (Wildman–Crippen MR) is 109 cm³/mol. The van der Waals surface area contributed by atoms with Crippen LogP contribution in [0.5, 0.6) is 0 Å². The molecule has 0 saturated heterocycles. The quantitative estimate of drug-likeness (QED) is 0.748. The Morgan fingerprint density at radius 2 is 1.63 bits per heavy atom. The van der Waals surface area contributed by atoms with E-state index in [0.717, 1.165) is 0 Å². The predicted octanol–water partition coefficient (Wildman–Crippen LogP) is 4.19. The molecule has 0 spiro atoms. The molecular weight excluding hydrogens is 409 g/mol. The fourth-order valence-electron chi connectivity index (χ4n) is 2.89. The first kappa shape index (κ1) is 19.7. The highest BCUT2D eigenvalue weighted by atomic mass is 35.6. The van der Waals surface area contributed by atoms with Crippen LogP contribution in [0.2, 0.25) is 0 Å². The van der Waals surface area contributed by atoms with Gasteiger partial charge in [0.15, 0.2) is 0 Å². The minimum atomic E-state index is -1.91. The van der Waals surface area contributed by atoms with E-state index >= 15 is 0 Å². The minimum absolute atomic E-state index is 0.372. The molecule has 0 aromatic heterocycles. The molecule has 8 heteroatoms. The van der Waals surface area contributed by atoms with Crippen LogP contribution in [0.25, 0.3) is 0 Å². The molecule has 1 aliphatic heterocycles. The van der Waals surface area contributed by atoms with E-state index in [1.54, 1.807) is 61.5 Å². The number of nitrogens with one attached hydrogen (secondary N) is 1. The van der Waals surface area contributed by atoms with Gasteiger partial charge in [-0.05, 0) is 31.2 Å². The molecule has 0 saturated carbocycles. The Bertz CT molecular complexity index is 867. The summed E-state index contributed by atoms with van der Waals surface area (Å²) < 4.78 is -1.91. The van der Waals surface area contributed by atoms with Gasteiger partial charge in [0, 0.05) is 5.56 Å². The average Bonchev–Trinajstić information content (AvgIpc) is 2.94. The van der Waals surface area contributed by atoms with Crippen molar-refractivity contribution in [1.82, 2.24) is 5.32 Å². The SMILES string of the molecule is CC1=NN(c2ccccc2)C(=O)[C@@H]1[C@@H](NC(=O)c1ccccc1)C(Cl)(Cl)Cl. The van der Waals surface area contributed by atoms with Crippen molar-refractivity contribution in [3.05, 3.63) is 66.2 Å². The highest BCUT2D eigenvalue weighted by molar-refractivity contribution is 6.68. The Kier molecular flexibility index (Phi) is 5.75. The van der Waals surface area contributed by atoms with Crippen LogP contribution in [0.1, 0.15) is 17.3 Å². The summed E-state index contributed by atoms with van der Waals surface area (Å²) in [6, 6.07) is 16.4. The van der Waals surface area contributed by atoms with Gasteiger partial charge in [-0.25, -0.2) is 5.01 Å². The van der Waals surface area contributed by atoms with Gasteiger partial charge in [-0.1, -0.05) is 71.2 Å². The number of halogens is 3. The van der Waals surface area contributed by atoms with Gasteiger partial charge < -0.3 is 5.32 Å². The van der Waals surface area contributed by atoms with Crippen LogP contribution in [-0.4, -0.2) is 27.4 Å². The standard InChI is InChI=1S/C19H16Cl3N3O2/c1-12-15(18(27)25(24-12)14-10-6-3-7-11-14)16(19(20,21)22)23-17(26)13-8-4-2-5-9-13/h2-11,15-16H,1H3,(H,23,26)/t15-,16+/m0/s1. The summed E-state index contributed by atoms with van der Waals surface area (Å²) in [5, 5.41) is 8.26. The van der Waals surface area contributed by atoms with Gasteiger partial charge in [-0.3, -0.25) is 9.59 Å². The molecule has 0 aliphatic carbocycles. The van der Waals surface area contributed by atoms with Gasteiger partial charge in [0.25, 0.3) is 11.8 Å². The third-order valence-electron chi connectivity index (χ3n) is 4.19. The number of anilines is 1. The maximum atomic E-state index is 13.0. The van der Waals surface area contributed by atoms with E-state index in [2.05, 4.69) is 10.4 Å². The topological polar surface area (TPSA) is 61.8 Å². The number of carbonyl (C=O) groups excluding carboxylic acids is 2. The number of alkyl halides is 3. The summed E-state index contributed by atoms with van der Waals surface area (Å²) in [7, 11) is 0. The van der Waals surface area contributed by atoms with Crippen LogP contribution in [0, 0.1) is 5.92 Å². The molecule has 27 heavy (non-hydrogen) atoms. The second kappa shape index (κ2) is 7.89. The van der Waals surface area contributed by atoms with Crippen LogP contribution in [-0.2, 0) is 4.79 Å². The Labute approximate surface area is 171 Å². The number of amides is 2. The normalized spacial score (nSPS) is 18.2. The van der Waals surface area contributed by atoms with E-state index in [-0.39, 0.29) is 5.91 Å². The lowest BCUT2D eigenvalue weighted by Crippen LogP contribution is -2.53. The van der Waals surface area contributed by atoms with Gasteiger partial charge in [0.2, 0.25) is 3.79 Å². The highest BCUT2D eigenvalue weighted by Gasteiger charge is 2.49. The van der Waals surface area contributed by atoms with Crippen molar-refractivity contribution in [1.29, 1.82) is 0 Å². The van der Waals surface area contributed by atoms with Crippen molar-refractivity contribution in [3.8, 4) is 0 Å². The van der Waals surface area contributed by atoms with Crippen LogP contribution < -0.4 is 10.3 Å². The fourth-order valence-corrected chi connectivity index (χ4v) is 3.43. The van der Waals surface area contributed by atoms with E-state index in [1.807, 2.05) is 6.07 Å². The van der Waals surface area contributed by atoms with E-state index in [4.69, 9.17) is 34.8 Å². The van der Waals surface area contributed by atoms with E-state index in [9.17, 15) is 9.59 Å². The summed E-state index contributed by atoms with van der Waals surface area (Å²) in [6.07, 6.45) is 0. The van der Waals surface area contributed by atoms with Crippen molar-refractivity contribution < 1.29 is 9.59 Å². The van der Waals surface area contributed by atoms with Crippen LogP contribution in [0.3, 0.4) is 0 Å². The molecule has 2 atom stereocenters. The minimum Gasteiger partial charge on any atom is -0.344 e. The van der Waals surface area contributed by atoms with E-state index in [0.29, 0.717) is 17.0 Å². The molecular formula is C19H16Cl3N3O2. The maximum Gasteiger partial charge on any atom is 0.258 e. The van der Waals surface area contributed by atoms with Crippen molar-refractivity contribution in [2.75, 3.05) is 5.01 Å². The average molecular weight is 425 g/mol. The first-order valence-electron chi connectivity index (χ1n) is 8.16. The van der Waals surface area contributed by atoms with Crippen molar-refractivity contribution >= 4 is 58.0 Å². The Hall–Kier alpha value is -2.08. The van der Waals surface area contributed by atoms with Crippen LogP contribution in [0.15, 0.2) is 65.8 Å². The Morgan fingerprint density at radius 3 is 2.19 bits per heavy atom. The van der Waals surface area contributed by atoms with Gasteiger partial charge in [0.1, 0.15) is 5.92 Å². The van der Waals surface area contributed by atoms with Gasteiger partial charge >= 0.3 is 0 Å². The molecule has 5 nitrogen and oxygen atoms in total. The molecule has 1 N–H and O–H groups in total. The first-order valence-corrected chi connectivity index (χ1v) is 9.29. The number of hydrogen-bond acceptors (Lipinski definition) is 3. The molecule has 3 rings (SSSR count). The van der Waals surface area contributed by atoms with Gasteiger partial charge in [-0.15, -0.1) is 0 Å². The molecule has 0 radical (unpaired) electrons. The lowest BCUT2D eigenvalue weighted by Gasteiger charge is -2.30. The number of benzene rings is 2. The molecule has 0 bridgehead atoms. The number of nitrogens with zero attached hydrogens (tertiary/aromatic N) is 2. The number of para-hydroxylation sites is 1. The zero-order chi connectivity index (χ0) is 19.6. The molecule has 1 heterocycles. The maximum absolute atomic E-state index is 13.0. The number of hydrogen-bond donors (Lipinski definition) is 1. The Morgan fingerprint density at radius 1 is 1.07 bits per heavy atom. The third kappa shape index (κ3) is 4.26. The first-order chi connectivity index (χ1) is 12.8. The van der Waals surface area contributed by atoms with Crippen LogP contribution >= 0.6 is 34.8 Å². The highest BCUT2D eigenvalue weighted by Crippen LogP contribution is 2.38. The zero-order valence-electron chi connectivity index (χ0n) is 14.3. The number of carbonyl (C=O) groups is 2.